The van der Waals surface area contributed by atoms with E-state index in [0.717, 1.165) is 23.6 Å². The lowest BCUT2D eigenvalue weighted by molar-refractivity contribution is 0.0376. The van der Waals surface area contributed by atoms with Gasteiger partial charge in [0.25, 0.3) is 5.91 Å². The van der Waals surface area contributed by atoms with Gasteiger partial charge in [-0.05, 0) is 54.6 Å². The maximum Gasteiger partial charge on any atom is 0.338 e. The summed E-state index contributed by atoms with van der Waals surface area (Å²) in [6.45, 7) is 18.4. The predicted molar refractivity (Wildman–Crippen MR) is 143 cm³/mol. The van der Waals surface area contributed by atoms with Crippen molar-refractivity contribution in [2.75, 3.05) is 12.4 Å². The molecular formula is C29H41NO5S. The third-order valence-electron chi connectivity index (χ3n) is 8.82. The molecule has 0 bridgehead atoms. The number of nitrogens with zero attached hydrogens (tertiary/aromatic N) is 1. The van der Waals surface area contributed by atoms with Crippen molar-refractivity contribution in [3.63, 3.8) is 0 Å². The van der Waals surface area contributed by atoms with Gasteiger partial charge in [-0.3, -0.25) is 4.79 Å². The summed E-state index contributed by atoms with van der Waals surface area (Å²) in [6.07, 6.45) is 7.44. The van der Waals surface area contributed by atoms with Gasteiger partial charge in [-0.15, -0.1) is 13.2 Å². The second-order valence-corrected chi connectivity index (χ2v) is 13.7. The molecule has 1 aliphatic heterocycles. The highest BCUT2D eigenvalue weighted by Crippen LogP contribution is 2.49. The van der Waals surface area contributed by atoms with Crippen molar-refractivity contribution in [3.05, 3.63) is 60.7 Å². The van der Waals surface area contributed by atoms with E-state index in [1.807, 2.05) is 19.1 Å². The van der Waals surface area contributed by atoms with Crippen molar-refractivity contribution < 1.29 is 22.7 Å². The quantitative estimate of drug-likeness (QED) is 0.297. The third-order valence-corrected chi connectivity index (χ3v) is 10.9. The van der Waals surface area contributed by atoms with Gasteiger partial charge >= 0.3 is 5.97 Å². The number of carbonyl (C=O) groups is 2. The maximum atomic E-state index is 13.7. The number of rotatable bonds is 9. The molecule has 1 heterocycles. The first-order valence-corrected chi connectivity index (χ1v) is 14.4. The number of benzene rings is 1. The summed E-state index contributed by atoms with van der Waals surface area (Å²) in [7, 11) is -3.79. The molecule has 1 aromatic carbocycles. The van der Waals surface area contributed by atoms with Crippen LogP contribution >= 0.6 is 0 Å². The van der Waals surface area contributed by atoms with E-state index in [1.54, 1.807) is 12.1 Å². The summed E-state index contributed by atoms with van der Waals surface area (Å²) in [5.74, 6) is -0.996. The highest BCUT2D eigenvalue weighted by Gasteiger charge is 2.56. The molecule has 0 spiro atoms. The number of carbonyl (C=O) groups excluding carboxylic acids is 2. The van der Waals surface area contributed by atoms with Crippen LogP contribution in [0.2, 0.25) is 0 Å². The molecule has 3 unspecified atom stereocenters. The van der Waals surface area contributed by atoms with Crippen molar-refractivity contribution >= 4 is 21.9 Å². The monoisotopic (exact) mass is 515 g/mol. The van der Waals surface area contributed by atoms with E-state index < -0.39 is 33.4 Å². The van der Waals surface area contributed by atoms with E-state index in [0.29, 0.717) is 18.8 Å². The van der Waals surface area contributed by atoms with E-state index in [4.69, 9.17) is 4.74 Å². The Morgan fingerprint density at radius 1 is 1.19 bits per heavy atom. The van der Waals surface area contributed by atoms with Gasteiger partial charge in [-0.1, -0.05) is 65.3 Å². The summed E-state index contributed by atoms with van der Waals surface area (Å²) in [5, 5.41) is 0. The number of sulfonamides is 1. The van der Waals surface area contributed by atoms with E-state index in [1.165, 1.54) is 12.1 Å². The molecule has 0 radical (unpaired) electrons. The van der Waals surface area contributed by atoms with Crippen LogP contribution in [-0.2, 0) is 14.8 Å². The molecular weight excluding hydrogens is 474 g/mol. The van der Waals surface area contributed by atoms with Gasteiger partial charge in [0.05, 0.1) is 29.5 Å². The Kier molecular flexibility index (Phi) is 7.95. The highest BCUT2D eigenvalue weighted by atomic mass is 32.2. The van der Waals surface area contributed by atoms with Crippen LogP contribution in [0.15, 0.2) is 49.6 Å². The van der Waals surface area contributed by atoms with Crippen molar-refractivity contribution in [2.24, 2.45) is 22.2 Å². The molecule has 3 rings (SSSR count). The van der Waals surface area contributed by atoms with Crippen LogP contribution in [0.25, 0.3) is 0 Å². The van der Waals surface area contributed by atoms with Crippen LogP contribution in [0.3, 0.4) is 0 Å². The predicted octanol–water partition coefficient (Wildman–Crippen LogP) is 6.01. The second-order valence-electron chi connectivity index (χ2n) is 11.8. The van der Waals surface area contributed by atoms with Crippen molar-refractivity contribution in [3.8, 4) is 0 Å². The molecule has 1 aromatic rings. The largest absolute Gasteiger partial charge is 0.462 e. The third kappa shape index (κ3) is 5.17. The average Bonchev–Trinajstić information content (AvgIpc) is 3.02. The van der Waals surface area contributed by atoms with Crippen LogP contribution in [0.4, 0.5) is 0 Å². The van der Waals surface area contributed by atoms with Crippen molar-refractivity contribution in [2.45, 2.75) is 72.8 Å². The first-order chi connectivity index (χ1) is 16.7. The van der Waals surface area contributed by atoms with Gasteiger partial charge in [0.2, 0.25) is 10.0 Å². The molecule has 1 saturated heterocycles. The smallest absolute Gasteiger partial charge is 0.338 e. The van der Waals surface area contributed by atoms with Crippen molar-refractivity contribution in [1.82, 2.24) is 4.31 Å². The molecule has 1 aliphatic carbocycles. The second kappa shape index (κ2) is 10.2. The number of hydrogen-bond donors (Lipinski definition) is 0. The van der Waals surface area contributed by atoms with Crippen LogP contribution in [0.5, 0.6) is 0 Å². The molecule has 6 nitrogen and oxygen atoms in total. The number of allylic oxidation sites excluding steroid dienone is 2. The molecule has 0 aromatic heterocycles. The Morgan fingerprint density at radius 2 is 1.83 bits per heavy atom. The molecule has 7 heteroatoms. The van der Waals surface area contributed by atoms with Gasteiger partial charge in [0, 0.05) is 5.41 Å². The summed E-state index contributed by atoms with van der Waals surface area (Å²) >= 11 is 0. The lowest BCUT2D eigenvalue weighted by atomic mass is 9.63. The molecule has 2 fully saturated rings. The number of amides is 1. The molecule has 198 valence electrons. The van der Waals surface area contributed by atoms with Crippen LogP contribution in [-0.4, -0.2) is 43.0 Å². The molecule has 1 saturated carbocycles. The Bertz CT molecular complexity index is 1140. The minimum atomic E-state index is -3.79. The number of esters is 1. The minimum Gasteiger partial charge on any atom is -0.462 e. The van der Waals surface area contributed by atoms with E-state index in [-0.39, 0.29) is 34.3 Å². The maximum absolute atomic E-state index is 13.7. The Balaban J connectivity index is 1.82. The lowest BCUT2D eigenvalue weighted by Gasteiger charge is -2.42. The lowest BCUT2D eigenvalue weighted by Crippen LogP contribution is -2.46. The topological polar surface area (TPSA) is 80.8 Å². The summed E-state index contributed by atoms with van der Waals surface area (Å²) in [6, 6.07) is 5.93. The SMILES string of the molecule is C=CCC(C)(C)[C@@](C)(C=C)CCOC(=O)c1ccccc1C(=O)N1C2CC(C)CCC2(C)CS1(=O)=O. The van der Waals surface area contributed by atoms with Gasteiger partial charge in [0.1, 0.15) is 0 Å². The molecule has 2 aliphatic rings. The molecule has 4 atom stereocenters. The van der Waals surface area contributed by atoms with Gasteiger partial charge in [-0.25, -0.2) is 17.5 Å². The van der Waals surface area contributed by atoms with Gasteiger partial charge in [0.15, 0.2) is 0 Å². The van der Waals surface area contributed by atoms with Gasteiger partial charge in [-0.2, -0.15) is 0 Å². The highest BCUT2D eigenvalue weighted by molar-refractivity contribution is 7.90. The van der Waals surface area contributed by atoms with Crippen molar-refractivity contribution in [1.29, 1.82) is 0 Å². The van der Waals surface area contributed by atoms with E-state index >= 15 is 0 Å². The summed E-state index contributed by atoms with van der Waals surface area (Å²) in [5.41, 5.74) is -0.760. The average molecular weight is 516 g/mol. The van der Waals surface area contributed by atoms with Crippen LogP contribution in [0.1, 0.15) is 87.4 Å². The summed E-state index contributed by atoms with van der Waals surface area (Å²) in [4.78, 5) is 26.8. The zero-order valence-electron chi connectivity index (χ0n) is 22.4. The number of ether oxygens (including phenoxy) is 1. The first kappa shape index (κ1) is 28.2. The fourth-order valence-corrected chi connectivity index (χ4v) is 8.12. The fraction of sp³-hybridized carbons (Fsp3) is 0.586. The molecule has 36 heavy (non-hydrogen) atoms. The number of fused-ring (bicyclic) bond motifs is 1. The molecule has 0 N–H and O–H groups in total. The standard InChI is InChI=1S/C29H41NO5S/c1-8-15-27(4,5)29(7,9-2)17-18-35-26(32)23-13-11-10-12-22(23)25(31)30-24-19-21(3)14-16-28(24,6)20-36(30,33)34/h8-13,21,24H,1-2,14-20H2,3-7H3/t21?,24?,28?,29-/m0/s1. The normalized spacial score (nSPS) is 27.0. The van der Waals surface area contributed by atoms with Gasteiger partial charge < -0.3 is 4.74 Å². The zero-order chi connectivity index (χ0) is 26.9. The molecule has 1 amide bonds. The fourth-order valence-electron chi connectivity index (χ4n) is 5.73. The zero-order valence-corrected chi connectivity index (χ0v) is 23.2. The Labute approximate surface area is 216 Å². The number of hydrogen-bond acceptors (Lipinski definition) is 5. The van der Waals surface area contributed by atoms with Crippen LogP contribution < -0.4 is 0 Å². The minimum absolute atomic E-state index is 0.0453. The first-order valence-electron chi connectivity index (χ1n) is 12.8. The van der Waals surface area contributed by atoms with E-state index in [2.05, 4.69) is 40.9 Å². The Hall–Kier alpha value is -2.41. The van der Waals surface area contributed by atoms with Crippen LogP contribution in [0, 0.1) is 22.2 Å². The summed E-state index contributed by atoms with van der Waals surface area (Å²) < 4.78 is 33.0. The van der Waals surface area contributed by atoms with E-state index in [9.17, 15) is 18.0 Å². The Morgan fingerprint density at radius 3 is 2.44 bits per heavy atom.